The smallest absolute Gasteiger partial charge is 0.332 e. The molecule has 0 radical (unpaired) electrons. The number of likely N-dealkylation sites (N-methyl/N-ethyl adjacent to an activating group) is 1. The number of nitrogens with one attached hydrogen (secondary N) is 1. The van der Waals surface area contributed by atoms with E-state index in [0.29, 0.717) is 75.9 Å². The fourth-order valence-electron chi connectivity index (χ4n) is 4.76. The van der Waals surface area contributed by atoms with Crippen LogP contribution in [0.25, 0.3) is 11.2 Å². The molecular weight excluding hydrogens is 522 g/mol. The second-order valence-corrected chi connectivity index (χ2v) is 12.3. The predicted octanol–water partition coefficient (Wildman–Crippen LogP) is 0.677. The Balaban J connectivity index is 1.51. The van der Waals surface area contributed by atoms with Gasteiger partial charge in [-0.05, 0) is 38.1 Å². The third-order valence-electron chi connectivity index (χ3n) is 6.92. The number of rotatable bonds is 11. The van der Waals surface area contributed by atoms with E-state index >= 15 is 0 Å². The van der Waals surface area contributed by atoms with Crippen LogP contribution in [0.2, 0.25) is 0 Å². The summed E-state index contributed by atoms with van der Waals surface area (Å²) in [7, 11) is -0.142. The Hall–Kier alpha value is -3.00. The van der Waals surface area contributed by atoms with E-state index < -0.39 is 10.0 Å². The monoisotopic (exact) mass is 561 g/mol. The number of aromatic nitrogens is 4. The van der Waals surface area contributed by atoms with Gasteiger partial charge in [-0.15, -0.1) is 0 Å². The minimum Gasteiger partial charge on any atom is -0.494 e. The Kier molecular flexibility index (Phi) is 8.94. The zero-order valence-corrected chi connectivity index (χ0v) is 24.2. The Labute approximate surface area is 228 Å². The van der Waals surface area contributed by atoms with Crippen molar-refractivity contribution in [3.8, 4) is 5.75 Å². The van der Waals surface area contributed by atoms with E-state index in [0.717, 1.165) is 10.1 Å². The molecule has 2 aromatic heterocycles. The molecule has 1 N–H and O–H groups in total. The van der Waals surface area contributed by atoms with Crippen LogP contribution >= 0.6 is 0 Å². The van der Waals surface area contributed by atoms with E-state index in [-0.39, 0.29) is 22.1 Å². The molecule has 0 unspecified atom stereocenters. The topological polar surface area (TPSA) is 124 Å². The van der Waals surface area contributed by atoms with E-state index in [9.17, 15) is 18.0 Å². The van der Waals surface area contributed by atoms with E-state index in [1.807, 2.05) is 27.8 Å². The van der Waals surface area contributed by atoms with Crippen molar-refractivity contribution in [1.82, 2.24) is 33.2 Å². The third-order valence-corrected chi connectivity index (χ3v) is 8.82. The van der Waals surface area contributed by atoms with Crippen LogP contribution in [-0.4, -0.2) is 82.7 Å². The number of piperazine rings is 1. The number of ether oxygens (including phenoxy) is 1. The first-order chi connectivity index (χ1) is 18.5. The largest absolute Gasteiger partial charge is 0.494 e. The Bertz CT molecular complexity index is 1530. The molecule has 0 aliphatic carbocycles. The number of fused-ring (bicyclic) bond motifs is 1. The summed E-state index contributed by atoms with van der Waals surface area (Å²) in [6, 6.07) is 5.00. The maximum Gasteiger partial charge on any atom is 0.332 e. The van der Waals surface area contributed by atoms with Crippen molar-refractivity contribution in [2.75, 3.05) is 46.4 Å². The molecule has 0 bridgehead atoms. The van der Waals surface area contributed by atoms with Gasteiger partial charge in [0.15, 0.2) is 11.2 Å². The molecule has 3 heterocycles. The molecule has 0 atom stereocenters. The lowest BCUT2D eigenvalue weighted by Crippen LogP contribution is -2.47. The van der Waals surface area contributed by atoms with Gasteiger partial charge in [-0.25, -0.2) is 18.2 Å². The van der Waals surface area contributed by atoms with Crippen molar-refractivity contribution >= 4 is 21.2 Å². The molecule has 0 spiro atoms. The van der Waals surface area contributed by atoms with Gasteiger partial charge in [-0.2, -0.15) is 4.31 Å². The summed E-state index contributed by atoms with van der Waals surface area (Å²) in [4.78, 5) is 32.3. The third kappa shape index (κ3) is 6.11. The zero-order chi connectivity index (χ0) is 28.3. The molecule has 13 heteroatoms. The van der Waals surface area contributed by atoms with E-state index in [2.05, 4.69) is 15.2 Å². The van der Waals surface area contributed by atoms with Gasteiger partial charge < -0.3 is 19.5 Å². The molecule has 214 valence electrons. The van der Waals surface area contributed by atoms with Crippen LogP contribution in [0, 0.1) is 5.92 Å². The predicted molar refractivity (Wildman–Crippen MR) is 150 cm³/mol. The molecule has 39 heavy (non-hydrogen) atoms. The maximum atomic E-state index is 13.3. The van der Waals surface area contributed by atoms with Crippen molar-refractivity contribution in [3.05, 3.63) is 50.9 Å². The standard InChI is InChI=1S/C26H39N7O5S/c1-6-38-22-8-7-21(39(36,37)32-13-11-29(4)12-14-32)15-20(22)16-27-9-10-31-18-28-24-23(31)25(34)30(5)26(35)33(24)17-19(2)3/h7-8,15,18-19,27H,6,9-14,16-17H2,1-5H3. The normalized spacial score (nSPS) is 15.4. The first-order valence-corrected chi connectivity index (χ1v) is 14.8. The van der Waals surface area contributed by atoms with E-state index in [4.69, 9.17) is 4.74 Å². The number of hydrogen-bond donors (Lipinski definition) is 1. The van der Waals surface area contributed by atoms with Crippen molar-refractivity contribution in [2.24, 2.45) is 13.0 Å². The lowest BCUT2D eigenvalue weighted by molar-refractivity contribution is 0.222. The molecule has 0 saturated carbocycles. The molecule has 1 aromatic carbocycles. The van der Waals surface area contributed by atoms with Crippen LogP contribution in [0.5, 0.6) is 5.75 Å². The molecule has 12 nitrogen and oxygen atoms in total. The van der Waals surface area contributed by atoms with E-state index in [1.165, 1.54) is 11.4 Å². The van der Waals surface area contributed by atoms with Crippen molar-refractivity contribution in [3.63, 3.8) is 0 Å². The van der Waals surface area contributed by atoms with Gasteiger partial charge in [0, 0.05) is 65.0 Å². The summed E-state index contributed by atoms with van der Waals surface area (Å²) < 4.78 is 38.3. The van der Waals surface area contributed by atoms with Crippen LogP contribution in [0.1, 0.15) is 26.3 Å². The summed E-state index contributed by atoms with van der Waals surface area (Å²) in [6.45, 7) is 10.4. The summed E-state index contributed by atoms with van der Waals surface area (Å²) >= 11 is 0. The van der Waals surface area contributed by atoms with Crippen LogP contribution < -0.4 is 21.3 Å². The lowest BCUT2D eigenvalue weighted by atomic mass is 10.2. The zero-order valence-electron chi connectivity index (χ0n) is 23.4. The number of imidazole rings is 1. The summed E-state index contributed by atoms with van der Waals surface area (Å²) in [5.41, 5.74) is 0.753. The number of benzene rings is 1. The average Bonchev–Trinajstić information content (AvgIpc) is 3.32. The van der Waals surface area contributed by atoms with Gasteiger partial charge >= 0.3 is 5.69 Å². The van der Waals surface area contributed by atoms with Crippen LogP contribution in [0.15, 0.2) is 39.0 Å². The molecule has 3 aromatic rings. The quantitative estimate of drug-likeness (QED) is 0.339. The van der Waals surface area contributed by atoms with Crippen LogP contribution in [0.4, 0.5) is 0 Å². The SMILES string of the molecule is CCOc1ccc(S(=O)(=O)N2CCN(C)CC2)cc1CNCCn1cnc2c1c(=O)n(C)c(=O)n2CC(C)C. The highest BCUT2D eigenvalue weighted by molar-refractivity contribution is 7.89. The van der Waals surface area contributed by atoms with Crippen LogP contribution in [0.3, 0.4) is 0 Å². The number of sulfonamides is 1. The van der Waals surface area contributed by atoms with Gasteiger partial charge in [0.2, 0.25) is 10.0 Å². The highest BCUT2D eigenvalue weighted by Crippen LogP contribution is 2.25. The maximum absolute atomic E-state index is 13.3. The van der Waals surface area contributed by atoms with Gasteiger partial charge in [0.25, 0.3) is 5.56 Å². The Morgan fingerprint density at radius 2 is 1.82 bits per heavy atom. The Morgan fingerprint density at radius 1 is 1.10 bits per heavy atom. The second-order valence-electron chi connectivity index (χ2n) is 10.3. The van der Waals surface area contributed by atoms with Gasteiger partial charge in [0.1, 0.15) is 5.75 Å². The number of hydrogen-bond acceptors (Lipinski definition) is 8. The molecule has 4 rings (SSSR count). The van der Waals surface area contributed by atoms with Gasteiger partial charge in [-0.3, -0.25) is 13.9 Å². The highest BCUT2D eigenvalue weighted by Gasteiger charge is 2.28. The van der Waals surface area contributed by atoms with Gasteiger partial charge in [0.05, 0.1) is 17.8 Å². The fraction of sp³-hybridized carbons (Fsp3) is 0.577. The van der Waals surface area contributed by atoms with E-state index in [1.54, 1.807) is 33.7 Å². The molecule has 1 fully saturated rings. The van der Waals surface area contributed by atoms with Crippen molar-refractivity contribution in [2.45, 2.75) is 45.3 Å². The lowest BCUT2D eigenvalue weighted by Gasteiger charge is -2.31. The molecule has 0 amide bonds. The van der Waals surface area contributed by atoms with Gasteiger partial charge in [-0.1, -0.05) is 13.8 Å². The van der Waals surface area contributed by atoms with Crippen molar-refractivity contribution in [1.29, 1.82) is 0 Å². The summed E-state index contributed by atoms with van der Waals surface area (Å²) in [5.74, 6) is 0.840. The summed E-state index contributed by atoms with van der Waals surface area (Å²) in [6.07, 6.45) is 1.58. The average molecular weight is 562 g/mol. The fourth-order valence-corrected chi connectivity index (χ4v) is 6.23. The second kappa shape index (κ2) is 12.0. The first kappa shape index (κ1) is 29.0. The highest BCUT2D eigenvalue weighted by atomic mass is 32.2. The first-order valence-electron chi connectivity index (χ1n) is 13.3. The molecule has 1 saturated heterocycles. The summed E-state index contributed by atoms with van der Waals surface area (Å²) in [5, 5.41) is 3.34. The van der Waals surface area contributed by atoms with Crippen molar-refractivity contribution < 1.29 is 13.2 Å². The minimum absolute atomic E-state index is 0.214. The molecule has 1 aliphatic heterocycles. The Morgan fingerprint density at radius 3 is 2.49 bits per heavy atom. The molecule has 1 aliphatic rings. The number of nitrogens with zero attached hydrogens (tertiary/aromatic N) is 6. The minimum atomic E-state index is -3.61. The molecular formula is C26H39N7O5S. The van der Waals surface area contributed by atoms with Crippen LogP contribution in [-0.2, 0) is 36.7 Å².